The third kappa shape index (κ3) is 2.50. The first kappa shape index (κ1) is 10.1. The van der Waals surface area contributed by atoms with Gasteiger partial charge in [-0.25, -0.2) is 8.78 Å². The number of thiophene rings is 1. The molecule has 1 rings (SSSR count). The van der Waals surface area contributed by atoms with Gasteiger partial charge in [-0.2, -0.15) is 0 Å². The summed E-state index contributed by atoms with van der Waals surface area (Å²) in [7, 11) is 0. The van der Waals surface area contributed by atoms with Gasteiger partial charge in [0.25, 0.3) is 5.92 Å². The fourth-order valence-electron chi connectivity index (χ4n) is 0.758. The fraction of sp³-hybridized carbons (Fsp3) is 0.429. The van der Waals surface area contributed by atoms with E-state index in [4.69, 9.17) is 5.73 Å². The number of nitrogens with two attached hydrogens (primary N) is 1. The minimum Gasteiger partial charge on any atom is -0.325 e. The largest absolute Gasteiger partial charge is 0.325 e. The summed E-state index contributed by atoms with van der Waals surface area (Å²) in [6.07, 6.45) is -0.276. The van der Waals surface area contributed by atoms with Crippen molar-refractivity contribution in [3.8, 4) is 0 Å². The van der Waals surface area contributed by atoms with Crippen molar-refractivity contribution in [3.63, 3.8) is 0 Å². The van der Waals surface area contributed by atoms with Gasteiger partial charge in [-0.15, -0.1) is 11.3 Å². The van der Waals surface area contributed by atoms with Crippen LogP contribution in [0.1, 0.15) is 4.88 Å². The molecule has 1 nitrogen and oxygen atoms in total. The first-order valence-corrected chi connectivity index (χ1v) is 5.02. The lowest BCUT2D eigenvalue weighted by Gasteiger charge is -2.12. The Balaban J connectivity index is 2.70. The van der Waals surface area contributed by atoms with Crippen LogP contribution in [0.2, 0.25) is 0 Å². The van der Waals surface area contributed by atoms with E-state index in [1.54, 1.807) is 11.4 Å². The Morgan fingerprint density at radius 1 is 1.58 bits per heavy atom. The third-order valence-corrected chi connectivity index (χ3v) is 3.34. The molecule has 0 spiro atoms. The Kier molecular flexibility index (Phi) is 3.20. The van der Waals surface area contributed by atoms with Gasteiger partial charge in [-0.1, -0.05) is 0 Å². The molecular weight excluding hydrogens is 248 g/mol. The van der Waals surface area contributed by atoms with Gasteiger partial charge in [0, 0.05) is 15.8 Å². The molecular formula is C7H8BrF2NS. The van der Waals surface area contributed by atoms with E-state index in [1.807, 2.05) is 0 Å². The van der Waals surface area contributed by atoms with Crippen LogP contribution >= 0.6 is 27.3 Å². The molecule has 0 atom stereocenters. The van der Waals surface area contributed by atoms with Gasteiger partial charge >= 0.3 is 0 Å². The number of alkyl halides is 2. The van der Waals surface area contributed by atoms with Gasteiger partial charge in [0.05, 0.1) is 6.54 Å². The van der Waals surface area contributed by atoms with E-state index in [-0.39, 0.29) is 6.42 Å². The van der Waals surface area contributed by atoms with Crippen LogP contribution in [0, 0.1) is 0 Å². The second kappa shape index (κ2) is 3.81. The van der Waals surface area contributed by atoms with Crippen molar-refractivity contribution in [1.29, 1.82) is 0 Å². The van der Waals surface area contributed by atoms with Gasteiger partial charge in [0.2, 0.25) is 0 Å². The quantitative estimate of drug-likeness (QED) is 0.883. The van der Waals surface area contributed by atoms with E-state index in [0.717, 1.165) is 4.47 Å². The summed E-state index contributed by atoms with van der Waals surface area (Å²) in [5.74, 6) is -2.78. The van der Waals surface area contributed by atoms with E-state index >= 15 is 0 Å². The molecule has 0 aliphatic carbocycles. The second-order valence-corrected chi connectivity index (χ2v) is 4.28. The zero-order chi connectivity index (χ0) is 9.19. The highest BCUT2D eigenvalue weighted by Crippen LogP contribution is 2.28. The Hall–Kier alpha value is -0.000000000000000111. The van der Waals surface area contributed by atoms with Crippen LogP contribution in [0.15, 0.2) is 15.9 Å². The Bertz CT molecular complexity index is 262. The summed E-state index contributed by atoms with van der Waals surface area (Å²) < 4.78 is 26.3. The highest BCUT2D eigenvalue weighted by atomic mass is 79.9. The molecule has 0 fully saturated rings. The van der Waals surface area contributed by atoms with Crippen LogP contribution in [0.25, 0.3) is 0 Å². The molecule has 1 aromatic heterocycles. The highest BCUT2D eigenvalue weighted by Gasteiger charge is 2.28. The molecule has 0 aliphatic heterocycles. The molecule has 0 saturated heterocycles. The average Bonchev–Trinajstić information content (AvgIpc) is 2.36. The van der Waals surface area contributed by atoms with Crippen LogP contribution in [0.4, 0.5) is 8.78 Å². The second-order valence-electron chi connectivity index (χ2n) is 2.43. The topological polar surface area (TPSA) is 26.0 Å². The monoisotopic (exact) mass is 255 g/mol. The number of hydrogen-bond donors (Lipinski definition) is 1. The maximum atomic E-state index is 12.8. The summed E-state index contributed by atoms with van der Waals surface area (Å²) in [6.45, 7) is -0.600. The molecule has 0 aliphatic rings. The zero-order valence-electron chi connectivity index (χ0n) is 6.19. The van der Waals surface area contributed by atoms with Crippen LogP contribution in [0.5, 0.6) is 0 Å². The fourth-order valence-corrected chi connectivity index (χ4v) is 2.33. The Labute approximate surface area is 81.7 Å². The van der Waals surface area contributed by atoms with Crippen LogP contribution in [-0.4, -0.2) is 12.5 Å². The van der Waals surface area contributed by atoms with Gasteiger partial charge < -0.3 is 5.73 Å². The summed E-state index contributed by atoms with van der Waals surface area (Å²) in [4.78, 5) is 0.644. The van der Waals surface area contributed by atoms with Crippen LogP contribution in [-0.2, 0) is 6.42 Å². The zero-order valence-corrected chi connectivity index (χ0v) is 8.59. The molecule has 5 heteroatoms. The van der Waals surface area contributed by atoms with E-state index < -0.39 is 12.5 Å². The van der Waals surface area contributed by atoms with Gasteiger partial charge in [0.15, 0.2) is 0 Å². The van der Waals surface area contributed by atoms with Crippen molar-refractivity contribution < 1.29 is 8.78 Å². The first-order chi connectivity index (χ1) is 5.55. The molecule has 68 valence electrons. The van der Waals surface area contributed by atoms with Crippen molar-refractivity contribution in [1.82, 2.24) is 0 Å². The lowest BCUT2D eigenvalue weighted by atomic mass is 10.2. The van der Waals surface area contributed by atoms with Gasteiger partial charge in [0.1, 0.15) is 0 Å². The molecule has 1 aromatic rings. The van der Waals surface area contributed by atoms with Crippen LogP contribution in [0.3, 0.4) is 0 Å². The molecule has 12 heavy (non-hydrogen) atoms. The SMILES string of the molecule is NCC(F)(F)Cc1sccc1Br. The smallest absolute Gasteiger partial charge is 0.264 e. The summed E-state index contributed by atoms with van der Waals surface area (Å²) >= 11 is 4.49. The maximum Gasteiger partial charge on any atom is 0.264 e. The molecule has 2 N–H and O–H groups in total. The summed E-state index contributed by atoms with van der Waals surface area (Å²) in [5.41, 5.74) is 4.91. The van der Waals surface area contributed by atoms with Crippen LogP contribution < -0.4 is 5.73 Å². The first-order valence-electron chi connectivity index (χ1n) is 3.35. The molecule has 0 bridgehead atoms. The Morgan fingerprint density at radius 3 is 2.67 bits per heavy atom. The van der Waals surface area contributed by atoms with Crippen molar-refractivity contribution in [3.05, 3.63) is 20.8 Å². The van der Waals surface area contributed by atoms with Gasteiger partial charge in [-0.3, -0.25) is 0 Å². The van der Waals surface area contributed by atoms with E-state index in [2.05, 4.69) is 15.9 Å². The van der Waals surface area contributed by atoms with Crippen molar-refractivity contribution in [2.45, 2.75) is 12.3 Å². The highest BCUT2D eigenvalue weighted by molar-refractivity contribution is 9.10. The summed E-state index contributed by atoms with van der Waals surface area (Å²) in [5, 5.41) is 1.77. The molecule has 0 amide bonds. The van der Waals surface area contributed by atoms with E-state index in [0.29, 0.717) is 4.88 Å². The maximum absolute atomic E-state index is 12.8. The lowest BCUT2D eigenvalue weighted by molar-refractivity contribution is 0.0121. The molecule has 0 radical (unpaired) electrons. The minimum atomic E-state index is -2.78. The van der Waals surface area contributed by atoms with E-state index in [9.17, 15) is 8.78 Å². The predicted octanol–water partition coefficient (Wildman–Crippen LogP) is 2.65. The van der Waals surface area contributed by atoms with Crippen molar-refractivity contribution >= 4 is 27.3 Å². The minimum absolute atomic E-state index is 0.276. The predicted molar refractivity (Wildman–Crippen MR) is 49.7 cm³/mol. The van der Waals surface area contributed by atoms with E-state index in [1.165, 1.54) is 11.3 Å². The van der Waals surface area contributed by atoms with Crippen molar-refractivity contribution in [2.24, 2.45) is 5.73 Å². The number of hydrogen-bond acceptors (Lipinski definition) is 2. The molecule has 0 unspecified atom stereocenters. The normalized spacial score (nSPS) is 12.0. The third-order valence-electron chi connectivity index (χ3n) is 1.41. The average molecular weight is 256 g/mol. The molecule has 1 heterocycles. The standard InChI is InChI=1S/C7H8BrF2NS/c8-5-1-2-12-6(5)3-7(9,10)4-11/h1-2H,3-4,11H2. The summed E-state index contributed by atoms with van der Waals surface area (Å²) in [6, 6.07) is 1.76. The molecule has 0 aromatic carbocycles. The van der Waals surface area contributed by atoms with Gasteiger partial charge in [-0.05, 0) is 27.4 Å². The van der Waals surface area contributed by atoms with Crippen molar-refractivity contribution in [2.75, 3.05) is 6.54 Å². The number of halogens is 3. The lowest BCUT2D eigenvalue weighted by Crippen LogP contribution is -2.29. The number of rotatable bonds is 3. The molecule has 0 saturated carbocycles. The Morgan fingerprint density at radius 2 is 2.25 bits per heavy atom.